The highest BCUT2D eigenvalue weighted by atomic mass is 16.1. The van der Waals surface area contributed by atoms with E-state index in [-0.39, 0.29) is 34.7 Å². The van der Waals surface area contributed by atoms with Crippen LogP contribution in [0.15, 0.2) is 58.4 Å². The molecule has 0 bridgehead atoms. The highest BCUT2D eigenvalue weighted by Gasteiger charge is 2.20. The Kier molecular flexibility index (Phi) is 5.90. The molecule has 0 radical (unpaired) electrons. The van der Waals surface area contributed by atoms with Crippen LogP contribution in [0.2, 0.25) is 0 Å². The van der Waals surface area contributed by atoms with Gasteiger partial charge in [0.15, 0.2) is 0 Å². The van der Waals surface area contributed by atoms with E-state index in [4.69, 9.17) is 5.73 Å². The molecule has 3 N–H and O–H groups in total. The van der Waals surface area contributed by atoms with Crippen LogP contribution in [0.3, 0.4) is 0 Å². The molecule has 4 rings (SSSR count). The normalized spacial score (nSPS) is 12.0. The minimum Gasteiger partial charge on any atom is -0.368 e. The van der Waals surface area contributed by atoms with Gasteiger partial charge in [0, 0.05) is 31.0 Å². The Hall–Kier alpha value is -4.45. The predicted octanol–water partition coefficient (Wildman–Crippen LogP) is 3.37. The standard InChI is InChI=1S/C25H25N7O2/c1-14(2)32-20(15(3)29-23-18(11-26)12-28-25(27)30-23)10-16-6-5-7-19(22(16)24(32)34)17-8-9-21(33)31(4)13-17/h5-10,12-15H,1-4H3,(H3,27,28,29,30)/t15-/m0/s1. The van der Waals surface area contributed by atoms with Crippen molar-refractivity contribution in [2.75, 3.05) is 11.1 Å². The third-order valence-electron chi connectivity index (χ3n) is 5.75. The van der Waals surface area contributed by atoms with E-state index >= 15 is 0 Å². The summed E-state index contributed by atoms with van der Waals surface area (Å²) in [5, 5.41) is 14.0. The summed E-state index contributed by atoms with van der Waals surface area (Å²) in [6.45, 7) is 5.79. The van der Waals surface area contributed by atoms with Crippen LogP contribution in [0.25, 0.3) is 21.9 Å². The quantitative estimate of drug-likeness (QED) is 0.471. The maximum absolute atomic E-state index is 13.8. The Morgan fingerprint density at radius 3 is 2.59 bits per heavy atom. The molecule has 0 aliphatic carbocycles. The number of fused-ring (bicyclic) bond motifs is 1. The summed E-state index contributed by atoms with van der Waals surface area (Å²) < 4.78 is 3.23. The van der Waals surface area contributed by atoms with E-state index in [1.165, 1.54) is 16.8 Å². The zero-order valence-corrected chi connectivity index (χ0v) is 19.4. The highest BCUT2D eigenvalue weighted by molar-refractivity contribution is 5.96. The monoisotopic (exact) mass is 455 g/mol. The first-order valence-corrected chi connectivity index (χ1v) is 10.9. The van der Waals surface area contributed by atoms with Gasteiger partial charge in [-0.3, -0.25) is 9.59 Å². The van der Waals surface area contributed by atoms with Crippen LogP contribution in [0.5, 0.6) is 0 Å². The number of anilines is 2. The maximum atomic E-state index is 13.8. The van der Waals surface area contributed by atoms with Crippen LogP contribution in [-0.2, 0) is 7.05 Å². The molecule has 9 nitrogen and oxygen atoms in total. The smallest absolute Gasteiger partial charge is 0.259 e. The van der Waals surface area contributed by atoms with Gasteiger partial charge in [-0.05, 0) is 49.4 Å². The van der Waals surface area contributed by atoms with Gasteiger partial charge in [0.1, 0.15) is 17.5 Å². The molecule has 34 heavy (non-hydrogen) atoms. The largest absolute Gasteiger partial charge is 0.368 e. The lowest BCUT2D eigenvalue weighted by molar-refractivity contribution is 0.541. The van der Waals surface area contributed by atoms with Crippen LogP contribution in [0.1, 0.15) is 44.1 Å². The summed E-state index contributed by atoms with van der Waals surface area (Å²) in [5.74, 6) is 0.361. The van der Waals surface area contributed by atoms with Gasteiger partial charge in [0.25, 0.3) is 5.56 Å². The molecule has 0 aliphatic heterocycles. The third kappa shape index (κ3) is 4.01. The average Bonchev–Trinajstić information content (AvgIpc) is 2.80. The van der Waals surface area contributed by atoms with E-state index in [0.717, 1.165) is 22.2 Å². The minimum absolute atomic E-state index is 0.0513. The van der Waals surface area contributed by atoms with Gasteiger partial charge < -0.3 is 20.2 Å². The summed E-state index contributed by atoms with van der Waals surface area (Å²) in [6, 6.07) is 12.4. The first kappa shape index (κ1) is 22.7. The van der Waals surface area contributed by atoms with E-state index in [2.05, 4.69) is 21.4 Å². The zero-order valence-electron chi connectivity index (χ0n) is 19.4. The second-order valence-electron chi connectivity index (χ2n) is 8.44. The van der Waals surface area contributed by atoms with Gasteiger partial charge in [-0.15, -0.1) is 0 Å². The third-order valence-corrected chi connectivity index (χ3v) is 5.75. The molecule has 0 saturated heterocycles. The lowest BCUT2D eigenvalue weighted by Gasteiger charge is -2.24. The Labute approximate surface area is 196 Å². The summed E-state index contributed by atoms with van der Waals surface area (Å²) in [6.07, 6.45) is 3.10. The maximum Gasteiger partial charge on any atom is 0.259 e. The number of benzene rings is 1. The SMILES string of the molecule is CC(C)n1c([C@H](C)Nc2nc(N)ncc2C#N)cc2cccc(-c3ccc(=O)n(C)c3)c2c1=O. The number of nitrogens with one attached hydrogen (secondary N) is 1. The molecule has 0 unspecified atom stereocenters. The van der Waals surface area contributed by atoms with Crippen LogP contribution < -0.4 is 22.2 Å². The van der Waals surface area contributed by atoms with Crippen LogP contribution in [0, 0.1) is 11.3 Å². The van der Waals surface area contributed by atoms with Crippen molar-refractivity contribution >= 4 is 22.5 Å². The second-order valence-corrected chi connectivity index (χ2v) is 8.44. The molecule has 172 valence electrons. The number of rotatable bonds is 5. The van der Waals surface area contributed by atoms with E-state index in [1.807, 2.05) is 45.0 Å². The Balaban J connectivity index is 1.91. The summed E-state index contributed by atoms with van der Waals surface area (Å²) in [7, 11) is 1.68. The van der Waals surface area contributed by atoms with Gasteiger partial charge in [-0.25, -0.2) is 4.98 Å². The zero-order chi connectivity index (χ0) is 24.6. The van der Waals surface area contributed by atoms with Gasteiger partial charge in [-0.1, -0.05) is 18.2 Å². The summed E-state index contributed by atoms with van der Waals surface area (Å²) in [5.41, 5.74) is 8.01. The fourth-order valence-electron chi connectivity index (χ4n) is 4.12. The minimum atomic E-state index is -0.359. The number of hydrogen-bond donors (Lipinski definition) is 2. The summed E-state index contributed by atoms with van der Waals surface area (Å²) in [4.78, 5) is 33.7. The van der Waals surface area contributed by atoms with E-state index in [0.29, 0.717) is 11.2 Å². The molecule has 1 aromatic carbocycles. The van der Waals surface area contributed by atoms with Crippen molar-refractivity contribution in [2.24, 2.45) is 7.05 Å². The number of pyridine rings is 2. The van der Waals surface area contributed by atoms with Gasteiger partial charge in [0.05, 0.1) is 17.6 Å². The molecular formula is C25H25N7O2. The van der Waals surface area contributed by atoms with Gasteiger partial charge in [-0.2, -0.15) is 10.2 Å². The number of nitrogens with zero attached hydrogens (tertiary/aromatic N) is 5. The van der Waals surface area contributed by atoms with Crippen molar-refractivity contribution in [2.45, 2.75) is 32.9 Å². The van der Waals surface area contributed by atoms with Crippen molar-refractivity contribution in [3.63, 3.8) is 0 Å². The molecule has 0 amide bonds. The Morgan fingerprint density at radius 1 is 1.15 bits per heavy atom. The fourth-order valence-corrected chi connectivity index (χ4v) is 4.12. The number of nitrogen functional groups attached to an aromatic ring is 1. The molecular weight excluding hydrogens is 430 g/mol. The molecule has 0 spiro atoms. The molecule has 3 aromatic heterocycles. The number of hydrogen-bond acceptors (Lipinski definition) is 7. The number of nitriles is 1. The number of nitrogens with two attached hydrogens (primary N) is 1. The first-order chi connectivity index (χ1) is 16.2. The Morgan fingerprint density at radius 2 is 1.91 bits per heavy atom. The molecule has 3 heterocycles. The molecule has 0 aliphatic rings. The molecule has 1 atom stereocenters. The Bertz CT molecular complexity index is 1560. The highest BCUT2D eigenvalue weighted by Crippen LogP contribution is 2.30. The van der Waals surface area contributed by atoms with Crippen molar-refractivity contribution in [3.8, 4) is 17.2 Å². The van der Waals surface area contributed by atoms with Crippen molar-refractivity contribution in [1.82, 2.24) is 19.1 Å². The molecule has 0 saturated carbocycles. The van der Waals surface area contributed by atoms with E-state index < -0.39 is 0 Å². The molecule has 4 aromatic rings. The van der Waals surface area contributed by atoms with Gasteiger partial charge in [0.2, 0.25) is 11.5 Å². The van der Waals surface area contributed by atoms with Crippen LogP contribution in [-0.4, -0.2) is 19.1 Å². The molecule has 9 heteroatoms. The lowest BCUT2D eigenvalue weighted by atomic mass is 9.98. The number of aromatic nitrogens is 4. The van der Waals surface area contributed by atoms with Crippen molar-refractivity contribution < 1.29 is 0 Å². The first-order valence-electron chi connectivity index (χ1n) is 10.9. The van der Waals surface area contributed by atoms with E-state index in [1.54, 1.807) is 23.9 Å². The average molecular weight is 456 g/mol. The van der Waals surface area contributed by atoms with Crippen LogP contribution >= 0.6 is 0 Å². The predicted molar refractivity (Wildman–Crippen MR) is 132 cm³/mol. The number of aryl methyl sites for hydroxylation is 1. The lowest BCUT2D eigenvalue weighted by Crippen LogP contribution is -2.29. The van der Waals surface area contributed by atoms with Gasteiger partial charge >= 0.3 is 0 Å². The molecule has 0 fully saturated rings. The van der Waals surface area contributed by atoms with Crippen LogP contribution in [0.4, 0.5) is 11.8 Å². The second kappa shape index (κ2) is 8.83. The van der Waals surface area contributed by atoms with E-state index in [9.17, 15) is 14.9 Å². The fraction of sp³-hybridized carbons (Fsp3) is 0.240. The summed E-state index contributed by atoms with van der Waals surface area (Å²) >= 11 is 0. The van der Waals surface area contributed by atoms with Crippen molar-refractivity contribution in [1.29, 1.82) is 5.26 Å². The topological polar surface area (TPSA) is 132 Å². The van der Waals surface area contributed by atoms with Crippen molar-refractivity contribution in [3.05, 3.63) is 80.8 Å².